The highest BCUT2D eigenvalue weighted by atomic mass is 79.9. The third-order valence-corrected chi connectivity index (χ3v) is 4.89. The Labute approximate surface area is 122 Å². The van der Waals surface area contributed by atoms with Gasteiger partial charge in [-0.1, -0.05) is 12.1 Å². The van der Waals surface area contributed by atoms with Crippen molar-refractivity contribution in [3.05, 3.63) is 34.3 Å². The molecular formula is C15H19BrN2O. The lowest BCUT2D eigenvalue weighted by atomic mass is 10.1. The lowest BCUT2D eigenvalue weighted by Gasteiger charge is -2.26. The van der Waals surface area contributed by atoms with Gasteiger partial charge in [0.1, 0.15) is 0 Å². The summed E-state index contributed by atoms with van der Waals surface area (Å²) in [6.07, 6.45) is 3.61. The fourth-order valence-corrected chi connectivity index (χ4v) is 3.65. The van der Waals surface area contributed by atoms with Crippen LogP contribution in [0.5, 0.6) is 0 Å². The van der Waals surface area contributed by atoms with Crippen LogP contribution in [0, 0.1) is 0 Å². The minimum atomic E-state index is 0.168. The van der Waals surface area contributed by atoms with Crippen LogP contribution < -0.4 is 0 Å². The zero-order valence-corrected chi connectivity index (χ0v) is 12.6. The molecule has 1 atom stereocenters. The normalized spacial score (nSPS) is 24.1. The third-order valence-electron chi connectivity index (χ3n) is 4.20. The number of hydrogen-bond donors (Lipinski definition) is 0. The molecule has 0 radical (unpaired) electrons. The summed E-state index contributed by atoms with van der Waals surface area (Å²) in [6, 6.07) is 8.30. The van der Waals surface area contributed by atoms with E-state index in [2.05, 4.69) is 20.8 Å². The van der Waals surface area contributed by atoms with Crippen LogP contribution in [0.25, 0.3) is 0 Å². The first-order valence-electron chi connectivity index (χ1n) is 7.03. The second-order valence-electron chi connectivity index (χ2n) is 5.42. The van der Waals surface area contributed by atoms with E-state index in [4.69, 9.17) is 0 Å². The topological polar surface area (TPSA) is 23.6 Å². The molecular weight excluding hydrogens is 304 g/mol. The highest BCUT2D eigenvalue weighted by Crippen LogP contribution is 2.24. The molecule has 19 heavy (non-hydrogen) atoms. The van der Waals surface area contributed by atoms with E-state index < -0.39 is 0 Å². The Hall–Kier alpha value is -0.870. The summed E-state index contributed by atoms with van der Waals surface area (Å²) >= 11 is 3.48. The van der Waals surface area contributed by atoms with Gasteiger partial charge in [0, 0.05) is 30.1 Å². The van der Waals surface area contributed by atoms with Crippen LogP contribution in [0.2, 0.25) is 0 Å². The molecule has 0 N–H and O–H groups in total. The summed E-state index contributed by atoms with van der Waals surface area (Å²) in [5.41, 5.74) is 0.786. The van der Waals surface area contributed by atoms with Crippen LogP contribution in [-0.2, 0) is 0 Å². The van der Waals surface area contributed by atoms with Crippen LogP contribution in [0.3, 0.4) is 0 Å². The van der Waals surface area contributed by atoms with Crippen LogP contribution in [-0.4, -0.2) is 47.9 Å². The maximum absolute atomic E-state index is 12.6. The van der Waals surface area contributed by atoms with Crippen LogP contribution in [0.4, 0.5) is 0 Å². The zero-order valence-electron chi connectivity index (χ0n) is 11.0. The van der Waals surface area contributed by atoms with Gasteiger partial charge in [-0.3, -0.25) is 9.69 Å². The van der Waals surface area contributed by atoms with E-state index in [-0.39, 0.29) is 5.91 Å². The molecule has 0 bridgehead atoms. The largest absolute Gasteiger partial charge is 0.337 e. The van der Waals surface area contributed by atoms with Crippen molar-refractivity contribution in [3.8, 4) is 0 Å². The Kier molecular flexibility index (Phi) is 3.89. The Morgan fingerprint density at radius 3 is 2.79 bits per heavy atom. The molecule has 0 aromatic heterocycles. The summed E-state index contributed by atoms with van der Waals surface area (Å²) in [5.74, 6) is 0.168. The number of rotatable bonds is 1. The summed E-state index contributed by atoms with van der Waals surface area (Å²) in [6.45, 7) is 4.12. The first-order chi connectivity index (χ1) is 9.25. The average molecular weight is 323 g/mol. The van der Waals surface area contributed by atoms with Crippen molar-refractivity contribution in [2.24, 2.45) is 0 Å². The molecule has 1 amide bonds. The minimum absolute atomic E-state index is 0.168. The van der Waals surface area contributed by atoms with Gasteiger partial charge in [0.05, 0.1) is 5.56 Å². The second-order valence-corrected chi connectivity index (χ2v) is 6.27. The van der Waals surface area contributed by atoms with Gasteiger partial charge in [-0.2, -0.15) is 0 Å². The molecule has 1 aromatic carbocycles. The maximum Gasteiger partial charge on any atom is 0.255 e. The fourth-order valence-electron chi connectivity index (χ4n) is 3.20. The average Bonchev–Trinajstić information content (AvgIpc) is 2.76. The highest BCUT2D eigenvalue weighted by Gasteiger charge is 2.31. The summed E-state index contributed by atoms with van der Waals surface area (Å²) in [5, 5.41) is 0. The Morgan fingerprint density at radius 1 is 1.16 bits per heavy atom. The van der Waals surface area contributed by atoms with Gasteiger partial charge in [-0.15, -0.1) is 0 Å². The quantitative estimate of drug-likeness (QED) is 0.793. The highest BCUT2D eigenvalue weighted by molar-refractivity contribution is 9.10. The number of nitrogens with zero attached hydrogens (tertiary/aromatic N) is 2. The Morgan fingerprint density at radius 2 is 1.95 bits per heavy atom. The number of halogens is 1. The van der Waals surface area contributed by atoms with Crippen molar-refractivity contribution in [3.63, 3.8) is 0 Å². The maximum atomic E-state index is 12.6. The van der Waals surface area contributed by atoms with Crippen molar-refractivity contribution < 1.29 is 4.79 Å². The van der Waals surface area contributed by atoms with Crippen LogP contribution >= 0.6 is 15.9 Å². The van der Waals surface area contributed by atoms with Gasteiger partial charge < -0.3 is 4.90 Å². The molecule has 2 aliphatic heterocycles. The SMILES string of the molecule is O=C(c1ccccc1Br)N1CCCN2CCCC2C1. The molecule has 0 aliphatic carbocycles. The molecule has 2 saturated heterocycles. The molecule has 3 nitrogen and oxygen atoms in total. The molecule has 0 saturated carbocycles. The zero-order chi connectivity index (χ0) is 13.2. The minimum Gasteiger partial charge on any atom is -0.337 e. The van der Waals surface area contributed by atoms with Gasteiger partial charge in [0.2, 0.25) is 0 Å². The van der Waals surface area contributed by atoms with Crippen molar-refractivity contribution in [1.82, 2.24) is 9.80 Å². The summed E-state index contributed by atoms with van der Waals surface area (Å²) in [7, 11) is 0. The monoisotopic (exact) mass is 322 g/mol. The van der Waals surface area contributed by atoms with E-state index in [0.29, 0.717) is 6.04 Å². The lowest BCUT2D eigenvalue weighted by molar-refractivity contribution is 0.0742. The van der Waals surface area contributed by atoms with Crippen molar-refractivity contribution in [2.45, 2.75) is 25.3 Å². The lowest BCUT2D eigenvalue weighted by Crippen LogP contribution is -2.39. The molecule has 4 heteroatoms. The molecule has 0 spiro atoms. The van der Waals surface area contributed by atoms with Crippen molar-refractivity contribution >= 4 is 21.8 Å². The van der Waals surface area contributed by atoms with E-state index >= 15 is 0 Å². The second kappa shape index (κ2) is 5.63. The van der Waals surface area contributed by atoms with Gasteiger partial charge in [-0.05, 0) is 53.9 Å². The van der Waals surface area contributed by atoms with E-state index in [9.17, 15) is 4.79 Å². The Bertz CT molecular complexity index is 477. The van der Waals surface area contributed by atoms with Gasteiger partial charge in [0.15, 0.2) is 0 Å². The molecule has 1 aromatic rings. The van der Waals surface area contributed by atoms with Gasteiger partial charge in [-0.25, -0.2) is 0 Å². The van der Waals surface area contributed by atoms with E-state index in [1.54, 1.807) is 0 Å². The van der Waals surface area contributed by atoms with Crippen molar-refractivity contribution in [1.29, 1.82) is 0 Å². The van der Waals surface area contributed by atoms with Crippen LogP contribution in [0.1, 0.15) is 29.6 Å². The molecule has 3 rings (SSSR count). The first kappa shape index (κ1) is 13.1. The molecule has 2 aliphatic rings. The van der Waals surface area contributed by atoms with Gasteiger partial charge >= 0.3 is 0 Å². The van der Waals surface area contributed by atoms with E-state index in [1.165, 1.54) is 19.4 Å². The van der Waals surface area contributed by atoms with Crippen molar-refractivity contribution in [2.75, 3.05) is 26.2 Å². The predicted molar refractivity (Wildman–Crippen MR) is 79.3 cm³/mol. The number of carbonyl (C=O) groups excluding carboxylic acids is 1. The molecule has 1 unspecified atom stereocenters. The summed E-state index contributed by atoms with van der Waals surface area (Å²) < 4.78 is 0.896. The number of amides is 1. The predicted octanol–water partition coefficient (Wildman–Crippen LogP) is 2.76. The molecule has 2 fully saturated rings. The Balaban J connectivity index is 1.78. The van der Waals surface area contributed by atoms with E-state index in [0.717, 1.165) is 36.1 Å². The fraction of sp³-hybridized carbons (Fsp3) is 0.533. The van der Waals surface area contributed by atoms with E-state index in [1.807, 2.05) is 29.2 Å². The van der Waals surface area contributed by atoms with Gasteiger partial charge in [0.25, 0.3) is 5.91 Å². The van der Waals surface area contributed by atoms with Crippen LogP contribution in [0.15, 0.2) is 28.7 Å². The molecule has 102 valence electrons. The standard InChI is InChI=1S/C15H19BrN2O/c16-14-7-2-1-6-13(14)15(19)18-10-4-9-17-8-3-5-12(17)11-18/h1-2,6-7,12H,3-5,8-11H2. The number of benzene rings is 1. The first-order valence-corrected chi connectivity index (χ1v) is 7.83. The number of carbonyl (C=O) groups is 1. The summed E-state index contributed by atoms with van der Waals surface area (Å²) in [4.78, 5) is 17.2. The number of fused-ring (bicyclic) bond motifs is 1. The molecule has 2 heterocycles. The smallest absolute Gasteiger partial charge is 0.255 e. The third kappa shape index (κ3) is 2.70. The number of hydrogen-bond acceptors (Lipinski definition) is 2.